The minimum Gasteiger partial charge on any atom is -0.394 e. The van der Waals surface area contributed by atoms with Crippen molar-refractivity contribution < 1.29 is 50.0 Å². The number of aliphatic hydroxyl groups is 7. The summed E-state index contributed by atoms with van der Waals surface area (Å²) in [5.74, 6) is -0.699. The fourth-order valence-corrected chi connectivity index (χ4v) is 9.12. The number of ether oxygens (including phenoxy) is 2. The molecule has 1 rings (SSSR count). The highest BCUT2D eigenvalue weighted by Gasteiger charge is 2.44. The first-order valence-electron chi connectivity index (χ1n) is 28.2. The minimum absolute atomic E-state index is 0.255. The van der Waals surface area contributed by atoms with Gasteiger partial charge in [-0.1, -0.05) is 237 Å². The van der Waals surface area contributed by atoms with Gasteiger partial charge in [0, 0.05) is 0 Å². The van der Waals surface area contributed by atoms with Gasteiger partial charge >= 0.3 is 0 Å². The van der Waals surface area contributed by atoms with Crippen LogP contribution in [0.25, 0.3) is 0 Å². The Hall–Kier alpha value is -1.41. The maximum absolute atomic E-state index is 13.2. The Morgan fingerprint density at radius 3 is 1.33 bits per heavy atom. The highest BCUT2D eigenvalue weighted by molar-refractivity contribution is 5.80. The largest absolute Gasteiger partial charge is 0.394 e. The Morgan fingerprint density at radius 2 is 0.910 bits per heavy atom. The first kappa shape index (κ1) is 63.6. The molecule has 0 saturated carbocycles. The number of aliphatic hydroxyl groups excluding tert-OH is 7. The molecule has 11 nitrogen and oxygen atoms in total. The second-order valence-electron chi connectivity index (χ2n) is 20.0. The van der Waals surface area contributed by atoms with Gasteiger partial charge in [0.25, 0.3) is 0 Å². The molecule has 0 aromatic rings. The van der Waals surface area contributed by atoms with Crippen molar-refractivity contribution in [3.05, 3.63) is 24.3 Å². The molecule has 1 fully saturated rings. The molecule has 9 unspecified atom stereocenters. The van der Waals surface area contributed by atoms with Crippen molar-refractivity contribution in [1.82, 2.24) is 5.32 Å². The quantitative estimate of drug-likeness (QED) is 0.0215. The molecular formula is C56H107NO10. The van der Waals surface area contributed by atoms with Crippen molar-refractivity contribution in [3.63, 3.8) is 0 Å². The van der Waals surface area contributed by atoms with Crippen LogP contribution in [0.3, 0.4) is 0 Å². The van der Waals surface area contributed by atoms with Crippen LogP contribution in [0, 0.1) is 0 Å². The zero-order valence-electron chi connectivity index (χ0n) is 43.1. The molecule has 11 heteroatoms. The lowest BCUT2D eigenvalue weighted by atomic mass is 9.98. The number of nitrogens with one attached hydrogen (secondary N) is 1. The molecule has 0 radical (unpaired) electrons. The third kappa shape index (κ3) is 34.5. The van der Waals surface area contributed by atoms with E-state index in [2.05, 4.69) is 43.5 Å². The fourth-order valence-electron chi connectivity index (χ4n) is 9.12. The molecule has 1 heterocycles. The van der Waals surface area contributed by atoms with Gasteiger partial charge in [0.2, 0.25) is 5.91 Å². The topological polar surface area (TPSA) is 189 Å². The smallest absolute Gasteiger partial charge is 0.249 e. The number of unbranched alkanes of at least 4 members (excludes halogenated alkanes) is 32. The van der Waals surface area contributed by atoms with Crippen LogP contribution in [0.15, 0.2) is 24.3 Å². The van der Waals surface area contributed by atoms with Gasteiger partial charge < -0.3 is 50.5 Å². The Balaban J connectivity index is 2.32. The van der Waals surface area contributed by atoms with Crippen LogP contribution in [0.4, 0.5) is 0 Å². The third-order valence-electron chi connectivity index (χ3n) is 13.8. The van der Waals surface area contributed by atoms with Crippen LogP contribution in [-0.4, -0.2) is 110 Å². The summed E-state index contributed by atoms with van der Waals surface area (Å²) >= 11 is 0. The van der Waals surface area contributed by atoms with E-state index in [1.54, 1.807) is 0 Å². The average Bonchev–Trinajstić information content (AvgIpc) is 3.33. The Bertz CT molecular complexity index is 1140. The van der Waals surface area contributed by atoms with Crippen LogP contribution in [0.5, 0.6) is 0 Å². The van der Waals surface area contributed by atoms with E-state index >= 15 is 0 Å². The molecule has 8 N–H and O–H groups in total. The van der Waals surface area contributed by atoms with Crippen molar-refractivity contribution in [1.29, 1.82) is 0 Å². The van der Waals surface area contributed by atoms with Crippen LogP contribution >= 0.6 is 0 Å². The van der Waals surface area contributed by atoms with Crippen molar-refractivity contribution in [2.45, 2.75) is 313 Å². The third-order valence-corrected chi connectivity index (χ3v) is 13.8. The molecule has 0 aromatic carbocycles. The van der Waals surface area contributed by atoms with Crippen molar-refractivity contribution in [3.8, 4) is 0 Å². The summed E-state index contributed by atoms with van der Waals surface area (Å²) in [5.41, 5.74) is 0. The van der Waals surface area contributed by atoms with E-state index in [9.17, 15) is 40.5 Å². The second-order valence-corrected chi connectivity index (χ2v) is 20.0. The highest BCUT2D eigenvalue weighted by Crippen LogP contribution is 2.23. The first-order valence-corrected chi connectivity index (χ1v) is 28.2. The van der Waals surface area contributed by atoms with Crippen LogP contribution in [-0.2, 0) is 14.3 Å². The monoisotopic (exact) mass is 954 g/mol. The number of allylic oxidation sites excluding steroid dienone is 4. The van der Waals surface area contributed by atoms with Crippen LogP contribution < -0.4 is 5.32 Å². The van der Waals surface area contributed by atoms with Gasteiger partial charge in [0.1, 0.15) is 36.6 Å². The standard InChI is InChI=1S/C56H107NO10/c1-3-5-7-9-11-13-15-17-19-21-22-23-24-25-26-27-28-30-32-34-36-38-40-42-44-49(60)55(65)57-47(46-66-56-54(64)53(63)52(62)50(45-58)67-56)51(61)48(59)43-41-39-37-35-33-31-29-20-18-16-14-12-10-8-6-4-2/h22-23,25-26,47-54,56,58-64H,3-21,24,27-46H2,1-2H3,(H,57,65)/b23-22-,26-25-. The number of carbonyl (C=O) groups excluding carboxylic acids is 1. The summed E-state index contributed by atoms with van der Waals surface area (Å²) in [7, 11) is 0. The lowest BCUT2D eigenvalue weighted by molar-refractivity contribution is -0.303. The van der Waals surface area contributed by atoms with Crippen molar-refractivity contribution >= 4 is 5.91 Å². The van der Waals surface area contributed by atoms with Gasteiger partial charge in [-0.25, -0.2) is 0 Å². The van der Waals surface area contributed by atoms with Crippen LogP contribution in [0.2, 0.25) is 0 Å². The van der Waals surface area contributed by atoms with E-state index in [1.807, 2.05) is 0 Å². The predicted octanol–water partition coefficient (Wildman–Crippen LogP) is 11.3. The molecule has 396 valence electrons. The molecule has 0 spiro atoms. The van der Waals surface area contributed by atoms with Gasteiger partial charge in [-0.3, -0.25) is 4.79 Å². The zero-order valence-corrected chi connectivity index (χ0v) is 43.1. The zero-order chi connectivity index (χ0) is 49.0. The van der Waals surface area contributed by atoms with Gasteiger partial charge in [-0.15, -0.1) is 0 Å². The molecule has 0 aromatic heterocycles. The average molecular weight is 954 g/mol. The minimum atomic E-state index is -1.66. The number of hydrogen-bond acceptors (Lipinski definition) is 10. The molecular weight excluding hydrogens is 847 g/mol. The molecule has 1 amide bonds. The molecule has 0 aliphatic carbocycles. The number of carbonyl (C=O) groups is 1. The SMILES string of the molecule is CCCCCCCCCCC/C=C\C/C=C\CCCCCCCCCCC(O)C(=O)NC(COC1OC(CO)C(O)C(O)C1O)C(O)C(O)CCCCCCCCCCCCCCCCCC. The summed E-state index contributed by atoms with van der Waals surface area (Å²) in [6.07, 6.45) is 42.2. The van der Waals surface area contributed by atoms with Gasteiger partial charge in [0.15, 0.2) is 6.29 Å². The van der Waals surface area contributed by atoms with E-state index in [4.69, 9.17) is 9.47 Å². The second kappa shape index (κ2) is 45.7. The normalized spacial score (nSPS) is 20.8. The number of rotatable bonds is 48. The van der Waals surface area contributed by atoms with E-state index < -0.39 is 74.2 Å². The van der Waals surface area contributed by atoms with E-state index in [-0.39, 0.29) is 6.42 Å². The van der Waals surface area contributed by atoms with E-state index in [0.717, 1.165) is 51.4 Å². The van der Waals surface area contributed by atoms with E-state index in [1.165, 1.54) is 167 Å². The van der Waals surface area contributed by atoms with Crippen LogP contribution in [0.1, 0.15) is 258 Å². The Kier molecular flexibility index (Phi) is 43.4. The molecule has 67 heavy (non-hydrogen) atoms. The summed E-state index contributed by atoms with van der Waals surface area (Å²) in [6, 6.07) is -1.17. The van der Waals surface area contributed by atoms with Gasteiger partial charge in [-0.05, 0) is 44.9 Å². The maximum atomic E-state index is 13.2. The molecule has 0 bridgehead atoms. The van der Waals surface area contributed by atoms with E-state index in [0.29, 0.717) is 19.3 Å². The summed E-state index contributed by atoms with van der Waals surface area (Å²) in [4.78, 5) is 13.2. The molecule has 9 atom stereocenters. The molecule has 1 aliphatic rings. The lowest BCUT2D eigenvalue weighted by Crippen LogP contribution is -2.60. The van der Waals surface area contributed by atoms with Gasteiger partial charge in [-0.2, -0.15) is 0 Å². The summed E-state index contributed by atoms with van der Waals surface area (Å²) in [5, 5.41) is 76.1. The Labute approximate surface area is 410 Å². The molecule has 1 aliphatic heterocycles. The first-order chi connectivity index (χ1) is 32.7. The Morgan fingerprint density at radius 1 is 0.522 bits per heavy atom. The van der Waals surface area contributed by atoms with Gasteiger partial charge in [0.05, 0.1) is 25.4 Å². The maximum Gasteiger partial charge on any atom is 0.249 e. The fraction of sp³-hybridized carbons (Fsp3) is 0.911. The highest BCUT2D eigenvalue weighted by atomic mass is 16.7. The summed E-state index contributed by atoms with van der Waals surface area (Å²) < 4.78 is 11.1. The van der Waals surface area contributed by atoms with Crippen molar-refractivity contribution in [2.24, 2.45) is 0 Å². The predicted molar refractivity (Wildman–Crippen MR) is 275 cm³/mol. The lowest BCUT2D eigenvalue weighted by Gasteiger charge is -2.40. The summed E-state index contributed by atoms with van der Waals surface area (Å²) in [6.45, 7) is 3.47. The number of amides is 1. The molecule has 1 saturated heterocycles. The number of hydrogen-bond donors (Lipinski definition) is 8. The van der Waals surface area contributed by atoms with Crippen molar-refractivity contribution in [2.75, 3.05) is 13.2 Å².